The highest BCUT2D eigenvalue weighted by Crippen LogP contribution is 2.33. The van der Waals surface area contributed by atoms with Crippen molar-refractivity contribution in [3.63, 3.8) is 0 Å². The molecule has 0 aliphatic carbocycles. The normalized spacial score (nSPS) is 21.5. The highest BCUT2D eigenvalue weighted by molar-refractivity contribution is 5.89. The summed E-state index contributed by atoms with van der Waals surface area (Å²) in [6, 6.07) is 6.94. The molecule has 2 aromatic heterocycles. The van der Waals surface area contributed by atoms with Gasteiger partial charge in [-0.25, -0.2) is 19.7 Å². The van der Waals surface area contributed by atoms with Gasteiger partial charge in [-0.2, -0.15) is 13.2 Å². The van der Waals surface area contributed by atoms with Gasteiger partial charge in [-0.15, -0.1) is 0 Å². The molecule has 4 atom stereocenters. The summed E-state index contributed by atoms with van der Waals surface area (Å²) in [5, 5.41) is 26.6. The van der Waals surface area contributed by atoms with Gasteiger partial charge in [-0.05, 0) is 29.5 Å². The summed E-state index contributed by atoms with van der Waals surface area (Å²) in [6.07, 6.45) is -7.02. The van der Waals surface area contributed by atoms with Crippen molar-refractivity contribution in [3.8, 4) is 0 Å². The van der Waals surface area contributed by atoms with Crippen LogP contribution in [0.15, 0.2) is 36.9 Å². The Balaban J connectivity index is 1.32. The molecule has 3 heterocycles. The van der Waals surface area contributed by atoms with Crippen LogP contribution in [0.4, 0.5) is 29.5 Å². The van der Waals surface area contributed by atoms with Crippen LogP contribution in [-0.2, 0) is 10.2 Å². The fourth-order valence-electron chi connectivity index (χ4n) is 4.64. The molecule has 0 bridgehead atoms. The third-order valence-electron chi connectivity index (χ3n) is 6.78. The second kappa shape index (κ2) is 12.1. The van der Waals surface area contributed by atoms with Gasteiger partial charge in [0.1, 0.15) is 30.2 Å². The highest BCUT2D eigenvalue weighted by atomic mass is 19.4. The Hall–Kier alpha value is -3.53. The Morgan fingerprint density at radius 3 is 2.49 bits per heavy atom. The Bertz CT molecular complexity index is 1330. The Kier molecular flexibility index (Phi) is 9.01. The Labute approximate surface area is 234 Å². The summed E-state index contributed by atoms with van der Waals surface area (Å²) in [4.78, 5) is 25.4. The van der Waals surface area contributed by atoms with E-state index in [1.807, 2.05) is 12.1 Å². The van der Waals surface area contributed by atoms with Crippen LogP contribution in [0.2, 0.25) is 0 Å². The number of rotatable bonds is 9. The Morgan fingerprint density at radius 2 is 1.83 bits per heavy atom. The molecular weight excluding hydrogens is 545 g/mol. The van der Waals surface area contributed by atoms with Crippen molar-refractivity contribution in [1.82, 2.24) is 29.7 Å². The first-order valence-electron chi connectivity index (χ1n) is 13.1. The third kappa shape index (κ3) is 7.61. The fraction of sp³-hybridized carbons (Fsp3) is 0.538. The molecule has 1 aromatic carbocycles. The van der Waals surface area contributed by atoms with E-state index in [0.717, 1.165) is 10.5 Å². The molecule has 0 spiro atoms. The lowest BCUT2D eigenvalue weighted by molar-refractivity contribution is -0.151. The minimum absolute atomic E-state index is 0.0288. The minimum atomic E-state index is -4.51. The van der Waals surface area contributed by atoms with E-state index in [0.29, 0.717) is 5.69 Å². The zero-order valence-corrected chi connectivity index (χ0v) is 23.0. The lowest BCUT2D eigenvalue weighted by Gasteiger charge is -2.27. The number of urea groups is 1. The van der Waals surface area contributed by atoms with Crippen molar-refractivity contribution >= 4 is 28.7 Å². The van der Waals surface area contributed by atoms with Crippen molar-refractivity contribution in [2.75, 3.05) is 37.2 Å². The van der Waals surface area contributed by atoms with Crippen molar-refractivity contribution in [1.29, 1.82) is 0 Å². The number of anilines is 2. The molecule has 4 rings (SSSR count). The van der Waals surface area contributed by atoms with E-state index in [4.69, 9.17) is 10.5 Å². The van der Waals surface area contributed by atoms with E-state index >= 15 is 0 Å². The predicted molar refractivity (Wildman–Crippen MR) is 145 cm³/mol. The number of ether oxygens (including phenoxy) is 1. The monoisotopic (exact) mass is 580 g/mol. The average Bonchev–Trinajstić information content (AvgIpc) is 3.43. The molecule has 0 saturated carbocycles. The summed E-state index contributed by atoms with van der Waals surface area (Å²) in [5.41, 5.74) is 7.98. The number of nitrogens with one attached hydrogen (secondary N) is 2. The number of nitrogens with two attached hydrogens (primary N) is 1. The molecule has 41 heavy (non-hydrogen) atoms. The highest BCUT2D eigenvalue weighted by Gasteiger charge is 2.45. The number of carbonyl (C=O) groups excluding carboxylic acids is 1. The zero-order chi connectivity index (χ0) is 29.9. The molecule has 1 saturated heterocycles. The van der Waals surface area contributed by atoms with Crippen LogP contribution in [-0.4, -0.2) is 91.3 Å². The molecule has 224 valence electrons. The van der Waals surface area contributed by atoms with Crippen LogP contribution >= 0.6 is 0 Å². The third-order valence-corrected chi connectivity index (χ3v) is 6.78. The number of aliphatic hydroxyl groups excluding tert-OH is 2. The number of hydrogen-bond donors (Lipinski definition) is 5. The molecule has 12 nitrogen and oxygen atoms in total. The molecule has 0 unspecified atom stereocenters. The van der Waals surface area contributed by atoms with Crippen molar-refractivity contribution in [2.24, 2.45) is 0 Å². The molecular formula is C26H35F3N8O4. The smallest absolute Gasteiger partial charge is 0.387 e. The molecule has 2 amide bonds. The van der Waals surface area contributed by atoms with E-state index in [9.17, 15) is 28.2 Å². The van der Waals surface area contributed by atoms with Gasteiger partial charge in [-0.1, -0.05) is 32.9 Å². The molecule has 0 radical (unpaired) electrons. The number of hydrogen-bond acceptors (Lipinski definition) is 9. The first-order valence-corrected chi connectivity index (χ1v) is 13.1. The van der Waals surface area contributed by atoms with Gasteiger partial charge in [0.05, 0.1) is 12.9 Å². The second-order valence-electron chi connectivity index (χ2n) is 11.0. The molecule has 3 aromatic rings. The van der Waals surface area contributed by atoms with Gasteiger partial charge in [0.2, 0.25) is 0 Å². The SMILES string of the molecule is CC(C)(C)c1ccc(NC(=O)NCCCN(C[C@H]2O[C@@H](n3cnc4c(N)ncnc43)[C@H](O)[C@@H]2O)CC(F)(F)F)cc1. The van der Waals surface area contributed by atoms with Crippen LogP contribution in [0.1, 0.15) is 39.0 Å². The number of fused-ring (bicyclic) bond motifs is 1. The quantitative estimate of drug-likeness (QED) is 0.239. The molecule has 15 heteroatoms. The average molecular weight is 581 g/mol. The van der Waals surface area contributed by atoms with Crippen LogP contribution < -0.4 is 16.4 Å². The second-order valence-corrected chi connectivity index (χ2v) is 11.0. The maximum atomic E-state index is 13.3. The number of nitrogen functional groups attached to an aromatic ring is 1. The first-order chi connectivity index (χ1) is 19.2. The number of carbonyl (C=O) groups is 1. The molecule has 1 aliphatic heterocycles. The Morgan fingerprint density at radius 1 is 1.12 bits per heavy atom. The largest absolute Gasteiger partial charge is 0.401 e. The van der Waals surface area contributed by atoms with Gasteiger partial charge in [0.15, 0.2) is 17.7 Å². The van der Waals surface area contributed by atoms with E-state index in [1.54, 1.807) is 12.1 Å². The number of aromatic nitrogens is 4. The van der Waals surface area contributed by atoms with Crippen LogP contribution in [0, 0.1) is 0 Å². The maximum Gasteiger partial charge on any atom is 0.401 e. The van der Waals surface area contributed by atoms with Gasteiger partial charge < -0.3 is 31.3 Å². The molecule has 1 fully saturated rings. The first kappa shape index (κ1) is 30.4. The number of imidazole rings is 1. The van der Waals surface area contributed by atoms with Gasteiger partial charge in [0.25, 0.3) is 0 Å². The maximum absolute atomic E-state index is 13.3. The summed E-state index contributed by atoms with van der Waals surface area (Å²) in [7, 11) is 0. The number of nitrogens with zero attached hydrogens (tertiary/aromatic N) is 5. The van der Waals surface area contributed by atoms with E-state index < -0.39 is 43.3 Å². The topological polar surface area (TPSA) is 164 Å². The number of alkyl halides is 3. The van der Waals surface area contributed by atoms with Crippen LogP contribution in [0.25, 0.3) is 11.2 Å². The number of benzene rings is 1. The summed E-state index contributed by atoms with van der Waals surface area (Å²) in [5.74, 6) is 0.107. The fourth-order valence-corrected chi connectivity index (χ4v) is 4.64. The van der Waals surface area contributed by atoms with Crippen LogP contribution in [0.3, 0.4) is 0 Å². The predicted octanol–water partition coefficient (Wildman–Crippen LogP) is 2.40. The number of amides is 2. The number of halogens is 3. The van der Waals surface area contributed by atoms with E-state index in [1.165, 1.54) is 17.2 Å². The summed E-state index contributed by atoms with van der Waals surface area (Å²) < 4.78 is 47.2. The summed E-state index contributed by atoms with van der Waals surface area (Å²) in [6.45, 7) is 4.73. The van der Waals surface area contributed by atoms with Crippen molar-refractivity contribution in [3.05, 3.63) is 42.5 Å². The zero-order valence-electron chi connectivity index (χ0n) is 23.0. The summed E-state index contributed by atoms with van der Waals surface area (Å²) >= 11 is 0. The lowest BCUT2D eigenvalue weighted by Crippen LogP contribution is -2.44. The van der Waals surface area contributed by atoms with E-state index in [-0.39, 0.29) is 48.5 Å². The van der Waals surface area contributed by atoms with Crippen LogP contribution in [0.5, 0.6) is 0 Å². The van der Waals surface area contributed by atoms with Crippen molar-refractivity contribution in [2.45, 2.75) is 63.3 Å². The van der Waals surface area contributed by atoms with Crippen molar-refractivity contribution < 1.29 is 32.9 Å². The van der Waals surface area contributed by atoms with E-state index in [2.05, 4.69) is 46.4 Å². The standard InChI is InChI=1S/C26H35F3N8O4/c1-25(2,3)15-5-7-16(8-6-15)35-24(40)31-9-4-10-36(12-26(27,28)29)11-17-19(38)20(39)23(41-17)37-14-34-18-21(30)32-13-33-22(18)37/h5-8,13-14,17,19-20,23,38-39H,4,9-12H2,1-3H3,(H2,30,32,33)(H2,31,35,40)/t17-,19-,20-,23-/m1/s1. The number of aliphatic hydroxyl groups is 2. The molecule has 6 N–H and O–H groups in total. The molecule has 1 aliphatic rings. The van der Waals surface area contributed by atoms with Gasteiger partial charge in [-0.3, -0.25) is 9.47 Å². The minimum Gasteiger partial charge on any atom is -0.387 e. The van der Waals surface area contributed by atoms with Gasteiger partial charge >= 0.3 is 12.2 Å². The lowest BCUT2D eigenvalue weighted by atomic mass is 9.87. The van der Waals surface area contributed by atoms with Gasteiger partial charge in [0, 0.05) is 25.3 Å².